The number of nitrogens with zero attached hydrogens (tertiary/aromatic N) is 3. The van der Waals surface area contributed by atoms with Gasteiger partial charge >= 0.3 is 5.97 Å². The number of rotatable bonds is 5. The van der Waals surface area contributed by atoms with Gasteiger partial charge in [0.15, 0.2) is 6.10 Å². The van der Waals surface area contributed by atoms with Gasteiger partial charge in [-0.2, -0.15) is 0 Å². The first-order chi connectivity index (χ1) is 12.2. The minimum Gasteiger partial charge on any atom is -0.449 e. The van der Waals surface area contributed by atoms with E-state index in [1.807, 2.05) is 0 Å². The van der Waals surface area contributed by atoms with Crippen LogP contribution < -0.4 is 5.32 Å². The second-order valence-electron chi connectivity index (χ2n) is 5.26. The standard InChI is InChI=1S/C18H16N4O3/c1-2-15(17(23)22-12-5-4-8-19-11-12)25-18(24)13-6-3-7-14-16(13)21-10-9-20-14/h3-11,15H,2H2,1H3,(H,22,23). The molecule has 1 atom stereocenters. The first-order valence-corrected chi connectivity index (χ1v) is 7.80. The van der Waals surface area contributed by atoms with E-state index in [0.717, 1.165) is 0 Å². The Labute approximate surface area is 144 Å². The van der Waals surface area contributed by atoms with Crippen molar-refractivity contribution in [3.63, 3.8) is 0 Å². The van der Waals surface area contributed by atoms with Crippen molar-refractivity contribution in [2.45, 2.75) is 19.4 Å². The molecule has 2 aromatic heterocycles. The van der Waals surface area contributed by atoms with Crippen LogP contribution >= 0.6 is 0 Å². The van der Waals surface area contributed by atoms with Gasteiger partial charge in [-0.3, -0.25) is 19.7 Å². The fourth-order valence-electron chi connectivity index (χ4n) is 2.33. The highest BCUT2D eigenvalue weighted by atomic mass is 16.5. The largest absolute Gasteiger partial charge is 0.449 e. The summed E-state index contributed by atoms with van der Waals surface area (Å²) in [5.74, 6) is -1.02. The van der Waals surface area contributed by atoms with Crippen molar-refractivity contribution < 1.29 is 14.3 Å². The Morgan fingerprint density at radius 3 is 2.72 bits per heavy atom. The van der Waals surface area contributed by atoms with Gasteiger partial charge in [-0.1, -0.05) is 13.0 Å². The third-order valence-electron chi connectivity index (χ3n) is 3.56. The molecule has 0 aliphatic heterocycles. The zero-order valence-electron chi connectivity index (χ0n) is 13.5. The molecule has 7 heteroatoms. The monoisotopic (exact) mass is 336 g/mol. The van der Waals surface area contributed by atoms with Gasteiger partial charge in [0.05, 0.1) is 23.0 Å². The van der Waals surface area contributed by atoms with Crippen molar-refractivity contribution in [1.29, 1.82) is 0 Å². The van der Waals surface area contributed by atoms with Crippen LogP contribution in [-0.4, -0.2) is 32.9 Å². The van der Waals surface area contributed by atoms with E-state index < -0.39 is 18.0 Å². The van der Waals surface area contributed by atoms with Gasteiger partial charge in [0.1, 0.15) is 5.52 Å². The fraction of sp³-hybridized carbons (Fsp3) is 0.167. The molecule has 3 rings (SSSR count). The molecule has 0 spiro atoms. The zero-order valence-corrected chi connectivity index (χ0v) is 13.5. The minimum absolute atomic E-state index is 0.276. The zero-order chi connectivity index (χ0) is 17.6. The Kier molecular flexibility index (Phi) is 4.94. The molecule has 2 heterocycles. The number of esters is 1. The summed E-state index contributed by atoms with van der Waals surface area (Å²) in [6.07, 6.45) is 5.61. The van der Waals surface area contributed by atoms with E-state index in [2.05, 4.69) is 20.3 Å². The molecule has 0 saturated heterocycles. The summed E-state index contributed by atoms with van der Waals surface area (Å²) in [4.78, 5) is 37.1. The van der Waals surface area contributed by atoms with Gasteiger partial charge in [-0.25, -0.2) is 4.79 Å². The molecular weight excluding hydrogens is 320 g/mol. The van der Waals surface area contributed by atoms with Crippen LogP contribution in [0.1, 0.15) is 23.7 Å². The maximum Gasteiger partial charge on any atom is 0.341 e. The maximum absolute atomic E-state index is 12.5. The number of fused-ring (bicyclic) bond motifs is 1. The summed E-state index contributed by atoms with van der Waals surface area (Å²) in [6, 6.07) is 8.47. The van der Waals surface area contributed by atoms with E-state index in [9.17, 15) is 9.59 Å². The average Bonchev–Trinajstić information content (AvgIpc) is 2.66. The number of carbonyl (C=O) groups excluding carboxylic acids is 2. The summed E-state index contributed by atoms with van der Waals surface area (Å²) < 4.78 is 5.39. The molecule has 0 saturated carbocycles. The topological polar surface area (TPSA) is 94.1 Å². The van der Waals surface area contributed by atoms with Gasteiger partial charge < -0.3 is 10.1 Å². The second kappa shape index (κ2) is 7.48. The number of carbonyl (C=O) groups is 2. The molecular formula is C18H16N4O3. The molecule has 126 valence electrons. The molecule has 3 aromatic rings. The summed E-state index contributed by atoms with van der Waals surface area (Å²) >= 11 is 0. The molecule has 0 fully saturated rings. The van der Waals surface area contributed by atoms with E-state index in [4.69, 9.17) is 4.74 Å². The van der Waals surface area contributed by atoms with Crippen LogP contribution in [0.15, 0.2) is 55.1 Å². The smallest absolute Gasteiger partial charge is 0.341 e. The molecule has 25 heavy (non-hydrogen) atoms. The number of benzene rings is 1. The summed E-state index contributed by atoms with van der Waals surface area (Å²) in [5, 5.41) is 2.68. The second-order valence-corrected chi connectivity index (χ2v) is 5.26. The van der Waals surface area contributed by atoms with Crippen molar-refractivity contribution >= 4 is 28.6 Å². The lowest BCUT2D eigenvalue weighted by atomic mass is 10.1. The first-order valence-electron chi connectivity index (χ1n) is 7.80. The van der Waals surface area contributed by atoms with Gasteiger partial charge in [-0.15, -0.1) is 0 Å². The summed E-state index contributed by atoms with van der Waals surface area (Å²) in [7, 11) is 0. The van der Waals surface area contributed by atoms with Crippen molar-refractivity contribution in [2.24, 2.45) is 0 Å². The summed E-state index contributed by atoms with van der Waals surface area (Å²) in [6.45, 7) is 1.77. The molecule has 7 nitrogen and oxygen atoms in total. The molecule has 0 aliphatic rings. The first kappa shape index (κ1) is 16.5. The van der Waals surface area contributed by atoms with Crippen molar-refractivity contribution in [3.05, 3.63) is 60.7 Å². The number of ether oxygens (including phenoxy) is 1. The Morgan fingerprint density at radius 2 is 1.96 bits per heavy atom. The SMILES string of the molecule is CCC(OC(=O)c1cccc2nccnc12)C(=O)Nc1cccnc1. The molecule has 1 unspecified atom stereocenters. The van der Waals surface area contributed by atoms with E-state index in [1.54, 1.807) is 49.6 Å². The Balaban J connectivity index is 1.76. The van der Waals surface area contributed by atoms with Crippen LogP contribution in [-0.2, 0) is 9.53 Å². The van der Waals surface area contributed by atoms with E-state index >= 15 is 0 Å². The normalized spacial score (nSPS) is 11.7. The van der Waals surface area contributed by atoms with Crippen molar-refractivity contribution in [1.82, 2.24) is 15.0 Å². The van der Waals surface area contributed by atoms with E-state index in [1.165, 1.54) is 12.4 Å². The average molecular weight is 336 g/mol. The van der Waals surface area contributed by atoms with Crippen LogP contribution in [0.25, 0.3) is 11.0 Å². The van der Waals surface area contributed by atoms with Gasteiger partial charge in [0, 0.05) is 18.6 Å². The number of para-hydroxylation sites is 1. The van der Waals surface area contributed by atoms with E-state index in [-0.39, 0.29) is 5.56 Å². The lowest BCUT2D eigenvalue weighted by molar-refractivity contribution is -0.124. The third kappa shape index (κ3) is 3.77. The third-order valence-corrected chi connectivity index (χ3v) is 3.56. The molecule has 0 radical (unpaired) electrons. The minimum atomic E-state index is -0.917. The number of pyridine rings is 1. The number of aromatic nitrogens is 3. The van der Waals surface area contributed by atoms with Gasteiger partial charge in [-0.05, 0) is 30.7 Å². The van der Waals surface area contributed by atoms with Gasteiger partial charge in [0.2, 0.25) is 0 Å². The van der Waals surface area contributed by atoms with E-state index in [0.29, 0.717) is 23.1 Å². The number of hydrogen-bond donors (Lipinski definition) is 1. The number of hydrogen-bond acceptors (Lipinski definition) is 6. The summed E-state index contributed by atoms with van der Waals surface area (Å²) in [5.41, 5.74) is 1.85. The highest BCUT2D eigenvalue weighted by Gasteiger charge is 2.23. The predicted molar refractivity (Wildman–Crippen MR) is 91.9 cm³/mol. The van der Waals surface area contributed by atoms with Crippen LogP contribution in [0, 0.1) is 0 Å². The number of amides is 1. The van der Waals surface area contributed by atoms with Gasteiger partial charge in [0.25, 0.3) is 5.91 Å². The number of nitrogens with one attached hydrogen (secondary N) is 1. The molecule has 0 bridgehead atoms. The molecule has 0 aliphatic carbocycles. The fourth-order valence-corrected chi connectivity index (χ4v) is 2.33. The van der Waals surface area contributed by atoms with Crippen molar-refractivity contribution in [3.8, 4) is 0 Å². The van der Waals surface area contributed by atoms with Crippen LogP contribution in [0.3, 0.4) is 0 Å². The Bertz CT molecular complexity index is 894. The predicted octanol–water partition coefficient (Wildman–Crippen LogP) is 2.60. The van der Waals surface area contributed by atoms with Crippen LogP contribution in [0.5, 0.6) is 0 Å². The lowest BCUT2D eigenvalue weighted by Gasteiger charge is -2.16. The molecule has 1 N–H and O–H groups in total. The highest BCUT2D eigenvalue weighted by Crippen LogP contribution is 2.16. The van der Waals surface area contributed by atoms with Crippen LogP contribution in [0.4, 0.5) is 5.69 Å². The Morgan fingerprint density at radius 1 is 1.12 bits per heavy atom. The highest BCUT2D eigenvalue weighted by molar-refractivity contribution is 6.03. The Hall–Kier alpha value is -3.35. The lowest BCUT2D eigenvalue weighted by Crippen LogP contribution is -2.32. The quantitative estimate of drug-likeness (QED) is 0.720. The van der Waals surface area contributed by atoms with Crippen molar-refractivity contribution in [2.75, 3.05) is 5.32 Å². The molecule has 1 amide bonds. The maximum atomic E-state index is 12.5. The number of anilines is 1. The molecule has 1 aromatic carbocycles. The van der Waals surface area contributed by atoms with Crippen LogP contribution in [0.2, 0.25) is 0 Å².